The molecule has 0 spiro atoms. The quantitative estimate of drug-likeness (QED) is 0.614. The lowest BCUT2D eigenvalue weighted by Crippen LogP contribution is -1.76. The first kappa shape index (κ1) is 8.08. The number of rotatable bonds is 0. The van der Waals surface area contributed by atoms with E-state index in [9.17, 15) is 4.39 Å². The first-order valence-corrected chi connectivity index (χ1v) is 4.82. The van der Waals surface area contributed by atoms with E-state index >= 15 is 0 Å². The lowest BCUT2D eigenvalue weighted by atomic mass is 10.1. The number of halogens is 1. The molecule has 0 fully saturated rings. The molecule has 2 aromatic rings. The van der Waals surface area contributed by atoms with Crippen LogP contribution in [0.2, 0.25) is 0 Å². The Morgan fingerprint density at radius 1 is 1.42 bits per heavy atom. The maximum atomic E-state index is 13.2. The second-order valence-corrected chi connectivity index (χ2v) is 4.53. The monoisotopic (exact) mass is 198 g/mol. The topological polar surface area (TPSA) is 0 Å². The fraction of sp³-hybridized carbons (Fsp3) is 0.111. The molecule has 1 heterocycles. The summed E-state index contributed by atoms with van der Waals surface area (Å²) in [6.07, 6.45) is 0. The van der Waals surface area contributed by atoms with E-state index in [0.717, 1.165) is 15.2 Å². The summed E-state index contributed by atoms with van der Waals surface area (Å²) < 4.78 is 14.7. The van der Waals surface area contributed by atoms with Crippen molar-refractivity contribution in [3.05, 3.63) is 29.6 Å². The molecule has 0 unspecified atom stereocenters. The van der Waals surface area contributed by atoms with Gasteiger partial charge in [0.1, 0.15) is 5.82 Å². The van der Waals surface area contributed by atoms with Gasteiger partial charge in [-0.05, 0) is 30.0 Å². The summed E-state index contributed by atoms with van der Waals surface area (Å²) in [5, 5.41) is 0.977. The van der Waals surface area contributed by atoms with Crippen LogP contribution >= 0.6 is 24.0 Å². The number of thiophene rings is 1. The van der Waals surface area contributed by atoms with E-state index in [1.165, 1.54) is 17.4 Å². The first-order chi connectivity index (χ1) is 5.68. The van der Waals surface area contributed by atoms with Crippen molar-refractivity contribution in [1.82, 2.24) is 0 Å². The zero-order chi connectivity index (χ0) is 8.72. The molecule has 0 nitrogen and oxygen atoms in total. The molecule has 3 heteroatoms. The predicted octanol–water partition coefficient (Wildman–Crippen LogP) is 3.64. The van der Waals surface area contributed by atoms with Gasteiger partial charge in [-0.1, -0.05) is 6.07 Å². The number of hydrogen-bond donors (Lipinski definition) is 1. The van der Waals surface area contributed by atoms with E-state index in [-0.39, 0.29) is 5.82 Å². The Bertz CT molecular complexity index is 392. The molecule has 0 amide bonds. The van der Waals surface area contributed by atoms with Crippen LogP contribution < -0.4 is 0 Å². The van der Waals surface area contributed by atoms with Crippen LogP contribution in [0.4, 0.5) is 4.39 Å². The summed E-state index contributed by atoms with van der Waals surface area (Å²) in [7, 11) is 0. The van der Waals surface area contributed by atoms with Crippen LogP contribution in [0.3, 0.4) is 0 Å². The lowest BCUT2D eigenvalue weighted by molar-refractivity contribution is 0.641. The van der Waals surface area contributed by atoms with E-state index in [1.807, 2.05) is 13.0 Å². The molecule has 12 heavy (non-hydrogen) atoms. The van der Waals surface area contributed by atoms with Gasteiger partial charge in [0, 0.05) is 0 Å². The third kappa shape index (κ3) is 1.13. The Hall–Kier alpha value is -0.540. The third-order valence-electron chi connectivity index (χ3n) is 1.84. The summed E-state index contributed by atoms with van der Waals surface area (Å²) in [5.74, 6) is -0.152. The molecular weight excluding hydrogens is 191 g/mol. The van der Waals surface area contributed by atoms with Crippen LogP contribution in [0.1, 0.15) is 5.56 Å². The molecule has 1 aromatic heterocycles. The van der Waals surface area contributed by atoms with Crippen LogP contribution in [-0.4, -0.2) is 0 Å². The predicted molar refractivity (Wildman–Crippen MR) is 53.8 cm³/mol. The molecule has 0 atom stereocenters. The Balaban J connectivity index is 2.93. The van der Waals surface area contributed by atoms with Crippen molar-refractivity contribution in [2.45, 2.75) is 11.1 Å². The van der Waals surface area contributed by atoms with Crippen molar-refractivity contribution < 1.29 is 4.39 Å². The molecule has 2 rings (SSSR count). The Kier molecular flexibility index (Phi) is 1.85. The van der Waals surface area contributed by atoms with Gasteiger partial charge in [-0.3, -0.25) is 0 Å². The van der Waals surface area contributed by atoms with Crippen molar-refractivity contribution >= 4 is 34.1 Å². The molecule has 1 aromatic carbocycles. The van der Waals surface area contributed by atoms with Gasteiger partial charge in [-0.2, -0.15) is 0 Å². The Labute approximate surface area is 79.4 Å². The second kappa shape index (κ2) is 2.75. The van der Waals surface area contributed by atoms with E-state index in [0.29, 0.717) is 4.70 Å². The summed E-state index contributed by atoms with van der Waals surface area (Å²) in [6.45, 7) is 1.97. The number of hydrogen-bond acceptors (Lipinski definition) is 2. The van der Waals surface area contributed by atoms with E-state index in [4.69, 9.17) is 0 Å². The molecular formula is C9H7FS2. The van der Waals surface area contributed by atoms with Crippen LogP contribution in [0.25, 0.3) is 10.1 Å². The normalized spacial score (nSPS) is 10.9. The lowest BCUT2D eigenvalue weighted by Gasteiger charge is -1.94. The minimum atomic E-state index is -0.152. The van der Waals surface area contributed by atoms with E-state index in [2.05, 4.69) is 12.6 Å². The highest BCUT2D eigenvalue weighted by Crippen LogP contribution is 2.32. The van der Waals surface area contributed by atoms with Crippen molar-refractivity contribution in [2.24, 2.45) is 0 Å². The second-order valence-electron chi connectivity index (χ2n) is 2.69. The summed E-state index contributed by atoms with van der Waals surface area (Å²) in [5.41, 5.74) is 1.10. The van der Waals surface area contributed by atoms with Gasteiger partial charge in [0.15, 0.2) is 0 Å². The fourth-order valence-corrected chi connectivity index (χ4v) is 2.50. The summed E-state index contributed by atoms with van der Waals surface area (Å²) >= 11 is 5.57. The number of benzene rings is 1. The van der Waals surface area contributed by atoms with Gasteiger partial charge in [0.25, 0.3) is 0 Å². The van der Waals surface area contributed by atoms with Gasteiger partial charge < -0.3 is 0 Å². The SMILES string of the molecule is Cc1ccc(F)c2sc(S)cc12. The maximum Gasteiger partial charge on any atom is 0.141 e. The molecule has 0 aliphatic rings. The highest BCUT2D eigenvalue weighted by molar-refractivity contribution is 7.83. The average molecular weight is 198 g/mol. The Morgan fingerprint density at radius 2 is 2.17 bits per heavy atom. The standard InChI is InChI=1S/C9H7FS2/c1-5-2-3-7(10)9-6(5)4-8(11)12-9/h2-4,11H,1H3. The molecule has 0 N–H and O–H groups in total. The molecule has 0 aliphatic carbocycles. The minimum Gasteiger partial charge on any atom is -0.205 e. The van der Waals surface area contributed by atoms with Gasteiger partial charge in [-0.15, -0.1) is 24.0 Å². The van der Waals surface area contributed by atoms with Crippen LogP contribution in [-0.2, 0) is 0 Å². The zero-order valence-corrected chi connectivity index (χ0v) is 8.18. The number of aryl methyl sites for hydroxylation is 1. The van der Waals surface area contributed by atoms with Crippen molar-refractivity contribution in [3.8, 4) is 0 Å². The van der Waals surface area contributed by atoms with Gasteiger partial charge in [-0.25, -0.2) is 4.39 Å². The van der Waals surface area contributed by atoms with E-state index in [1.54, 1.807) is 6.07 Å². The summed E-state index contributed by atoms with van der Waals surface area (Å²) in [4.78, 5) is 0. The van der Waals surface area contributed by atoms with Crippen LogP contribution in [0.5, 0.6) is 0 Å². The Morgan fingerprint density at radius 3 is 2.83 bits per heavy atom. The molecule has 0 radical (unpaired) electrons. The van der Waals surface area contributed by atoms with Gasteiger partial charge in [0.2, 0.25) is 0 Å². The van der Waals surface area contributed by atoms with Crippen LogP contribution in [0.15, 0.2) is 22.4 Å². The van der Waals surface area contributed by atoms with Gasteiger partial charge in [0.05, 0.1) is 8.91 Å². The third-order valence-corrected chi connectivity index (χ3v) is 3.19. The number of fused-ring (bicyclic) bond motifs is 1. The highest BCUT2D eigenvalue weighted by atomic mass is 32.2. The molecule has 0 saturated carbocycles. The average Bonchev–Trinajstić information content (AvgIpc) is 2.41. The van der Waals surface area contributed by atoms with Crippen LogP contribution in [0, 0.1) is 12.7 Å². The largest absolute Gasteiger partial charge is 0.205 e. The molecule has 62 valence electrons. The minimum absolute atomic E-state index is 0.152. The summed E-state index contributed by atoms with van der Waals surface area (Å²) in [6, 6.07) is 5.19. The molecule has 0 bridgehead atoms. The number of thiol groups is 1. The molecule has 0 aliphatic heterocycles. The maximum absolute atomic E-state index is 13.2. The van der Waals surface area contributed by atoms with Crippen molar-refractivity contribution in [1.29, 1.82) is 0 Å². The zero-order valence-electron chi connectivity index (χ0n) is 6.47. The highest BCUT2D eigenvalue weighted by Gasteiger charge is 2.05. The molecule has 0 saturated heterocycles. The fourth-order valence-electron chi connectivity index (χ4n) is 1.21. The van der Waals surface area contributed by atoms with E-state index < -0.39 is 0 Å². The van der Waals surface area contributed by atoms with Crippen molar-refractivity contribution in [2.75, 3.05) is 0 Å². The smallest absolute Gasteiger partial charge is 0.141 e. The van der Waals surface area contributed by atoms with Crippen molar-refractivity contribution in [3.63, 3.8) is 0 Å². The van der Waals surface area contributed by atoms with Gasteiger partial charge >= 0.3 is 0 Å². The first-order valence-electron chi connectivity index (χ1n) is 3.56.